The van der Waals surface area contributed by atoms with E-state index < -0.39 is 0 Å². The van der Waals surface area contributed by atoms with Crippen LogP contribution in [0.5, 0.6) is 0 Å². The number of hydrogen-bond acceptors (Lipinski definition) is 2. The van der Waals surface area contributed by atoms with E-state index in [4.69, 9.17) is 9.59 Å². The van der Waals surface area contributed by atoms with Crippen molar-refractivity contribution in [3.8, 4) is 0 Å². The summed E-state index contributed by atoms with van der Waals surface area (Å²) in [6, 6.07) is 0. The molecule has 0 bridgehead atoms. The van der Waals surface area contributed by atoms with E-state index in [2.05, 4.69) is 37.9 Å². The largest absolute Gasteiger partial charge is 0.281 e. The molecule has 0 aromatic carbocycles. The van der Waals surface area contributed by atoms with E-state index in [9.17, 15) is 0 Å². The predicted octanol–water partition coefficient (Wildman–Crippen LogP) is 0.706. The molecule has 1 rings (SSSR count). The number of carbonyl (C=O) groups excluding carboxylic acids is 2. The van der Waals surface area contributed by atoms with Crippen LogP contribution in [0.4, 0.5) is 0 Å². The van der Waals surface area contributed by atoms with Crippen molar-refractivity contribution in [2.45, 2.75) is 6.42 Å². The van der Waals surface area contributed by atoms with Crippen molar-refractivity contribution in [2.24, 2.45) is 0 Å². The molecule has 0 N–H and O–H groups in total. The van der Waals surface area contributed by atoms with Crippen LogP contribution in [0.2, 0.25) is 0 Å². The van der Waals surface area contributed by atoms with Gasteiger partial charge in [0.05, 0.1) is 0 Å². The minimum Gasteiger partial charge on any atom is -0.281 e. The molecule has 1 aliphatic rings. The SMILES string of the molecule is C1=CCC=C1.[C]=O.[C]=O.[Fe]. The molecule has 0 atom stereocenters. The molecule has 0 unspecified atom stereocenters. The van der Waals surface area contributed by atoms with Gasteiger partial charge >= 0.3 is 0 Å². The molecule has 0 aliphatic heterocycles. The molecule has 0 aromatic heterocycles. The molecule has 4 radical (unpaired) electrons. The predicted molar refractivity (Wildman–Crippen MR) is 34.3 cm³/mol. The first-order chi connectivity index (χ1) is 4.50. The Balaban J connectivity index is -0.0000000875. The Labute approximate surface area is 71.5 Å². The summed E-state index contributed by atoms with van der Waals surface area (Å²) in [6.07, 6.45) is 9.50. The Kier molecular flexibility index (Phi) is 38.6. The Bertz CT molecular complexity index is 87.8. The zero-order chi connectivity index (χ0) is 7.54. The van der Waals surface area contributed by atoms with Crippen molar-refractivity contribution in [3.63, 3.8) is 0 Å². The fourth-order valence-corrected chi connectivity index (χ4v) is 0.393. The molecular formula is C7H6FeO2. The third-order valence-corrected chi connectivity index (χ3v) is 0.655. The Morgan fingerprint density at radius 1 is 0.900 bits per heavy atom. The topological polar surface area (TPSA) is 34.1 Å². The molecule has 0 fully saturated rings. The smallest absolute Gasteiger partial charge is 0.281 e. The Hall–Kier alpha value is -0.661. The van der Waals surface area contributed by atoms with Gasteiger partial charge in [-0.3, -0.25) is 9.59 Å². The molecule has 10 heavy (non-hydrogen) atoms. The molecule has 0 amide bonds. The van der Waals surface area contributed by atoms with E-state index >= 15 is 0 Å². The molecule has 1 aliphatic carbocycles. The van der Waals surface area contributed by atoms with E-state index in [1.165, 1.54) is 0 Å². The molecule has 3 heteroatoms. The summed E-state index contributed by atoms with van der Waals surface area (Å²) in [6.45, 7) is 9.00. The molecule has 54 valence electrons. The van der Waals surface area contributed by atoms with Crippen LogP contribution in [-0.2, 0) is 26.7 Å². The van der Waals surface area contributed by atoms with E-state index in [1.54, 1.807) is 0 Å². The molecule has 2 nitrogen and oxygen atoms in total. The zero-order valence-corrected chi connectivity index (χ0v) is 6.29. The average Bonchev–Trinajstić information content (AvgIpc) is 2.51. The molecule has 0 aromatic rings. The minimum atomic E-state index is 0. The summed E-state index contributed by atoms with van der Waals surface area (Å²) >= 11 is 0. The van der Waals surface area contributed by atoms with Crippen molar-refractivity contribution in [2.75, 3.05) is 0 Å². The maximum absolute atomic E-state index is 7.50. The van der Waals surface area contributed by atoms with Crippen molar-refractivity contribution >= 4 is 13.6 Å². The fourth-order valence-electron chi connectivity index (χ4n) is 0.393. The second-order valence-electron chi connectivity index (χ2n) is 1.09. The van der Waals surface area contributed by atoms with Gasteiger partial charge in [-0.05, 0) is 6.42 Å². The van der Waals surface area contributed by atoms with E-state index in [0.29, 0.717) is 0 Å². The average molecular weight is 178 g/mol. The third-order valence-electron chi connectivity index (χ3n) is 0.655. The maximum Gasteiger partial charge on any atom is 0.281 e. The van der Waals surface area contributed by atoms with Crippen LogP contribution in [0.15, 0.2) is 24.3 Å². The Morgan fingerprint density at radius 3 is 1.30 bits per heavy atom. The third kappa shape index (κ3) is 15.7. The van der Waals surface area contributed by atoms with Crippen molar-refractivity contribution in [1.82, 2.24) is 0 Å². The number of allylic oxidation sites excluding steroid dienone is 4. The summed E-state index contributed by atoms with van der Waals surface area (Å²) in [5, 5.41) is 0. The fraction of sp³-hybridized carbons (Fsp3) is 0.143. The van der Waals surface area contributed by atoms with Gasteiger partial charge in [0.2, 0.25) is 0 Å². The van der Waals surface area contributed by atoms with Crippen LogP contribution in [0, 0.1) is 0 Å². The quantitative estimate of drug-likeness (QED) is 0.511. The standard InChI is InChI=1S/C5H6.2CO.Fe/c1-2-4-5-3-1;2*1-2;/h1-4H,5H2;;;. The van der Waals surface area contributed by atoms with Gasteiger partial charge in [-0.2, -0.15) is 0 Å². The second kappa shape index (κ2) is 23.9. The minimum absolute atomic E-state index is 0. The van der Waals surface area contributed by atoms with Crippen LogP contribution in [0.1, 0.15) is 6.42 Å². The van der Waals surface area contributed by atoms with Crippen molar-refractivity contribution in [1.29, 1.82) is 0 Å². The van der Waals surface area contributed by atoms with Gasteiger partial charge in [-0.25, -0.2) is 0 Å². The van der Waals surface area contributed by atoms with Gasteiger partial charge in [0.15, 0.2) is 0 Å². The summed E-state index contributed by atoms with van der Waals surface area (Å²) in [4.78, 5) is 15.0. The van der Waals surface area contributed by atoms with Crippen LogP contribution >= 0.6 is 0 Å². The van der Waals surface area contributed by atoms with Crippen LogP contribution in [-0.4, -0.2) is 13.6 Å². The molecule has 0 saturated carbocycles. The molecular weight excluding hydrogens is 172 g/mol. The first kappa shape index (κ1) is 16.2. The number of rotatable bonds is 0. The van der Waals surface area contributed by atoms with Crippen LogP contribution < -0.4 is 0 Å². The van der Waals surface area contributed by atoms with Gasteiger partial charge in [-0.1, -0.05) is 24.3 Å². The van der Waals surface area contributed by atoms with Gasteiger partial charge in [-0.15, -0.1) is 0 Å². The molecule has 0 spiro atoms. The first-order valence-corrected chi connectivity index (χ1v) is 2.22. The maximum atomic E-state index is 7.50. The summed E-state index contributed by atoms with van der Waals surface area (Å²) in [5.74, 6) is 0. The summed E-state index contributed by atoms with van der Waals surface area (Å²) < 4.78 is 0. The van der Waals surface area contributed by atoms with Gasteiger partial charge in [0, 0.05) is 17.1 Å². The zero-order valence-electron chi connectivity index (χ0n) is 5.19. The second-order valence-corrected chi connectivity index (χ2v) is 1.09. The molecule has 0 saturated heterocycles. The van der Waals surface area contributed by atoms with E-state index in [0.717, 1.165) is 6.42 Å². The van der Waals surface area contributed by atoms with Crippen LogP contribution in [0.3, 0.4) is 0 Å². The van der Waals surface area contributed by atoms with Gasteiger partial charge in [0.1, 0.15) is 0 Å². The van der Waals surface area contributed by atoms with Crippen LogP contribution in [0.25, 0.3) is 0 Å². The number of hydrogen-bond donors (Lipinski definition) is 0. The summed E-state index contributed by atoms with van der Waals surface area (Å²) in [5.41, 5.74) is 0. The van der Waals surface area contributed by atoms with Crippen molar-refractivity contribution in [3.05, 3.63) is 24.3 Å². The first-order valence-electron chi connectivity index (χ1n) is 2.22. The summed E-state index contributed by atoms with van der Waals surface area (Å²) in [7, 11) is 0. The molecule has 0 heterocycles. The van der Waals surface area contributed by atoms with Gasteiger partial charge in [0.25, 0.3) is 13.6 Å². The van der Waals surface area contributed by atoms with Crippen molar-refractivity contribution < 1.29 is 26.7 Å². The normalized spacial score (nSPS) is 9.60. The van der Waals surface area contributed by atoms with Gasteiger partial charge < -0.3 is 0 Å². The van der Waals surface area contributed by atoms with E-state index in [-0.39, 0.29) is 17.1 Å². The monoisotopic (exact) mass is 178 g/mol. The Morgan fingerprint density at radius 2 is 1.20 bits per heavy atom. The van der Waals surface area contributed by atoms with E-state index in [1.807, 2.05) is 0 Å².